The number of benzene rings is 5. The van der Waals surface area contributed by atoms with Crippen LogP contribution in [0.2, 0.25) is 0 Å². The van der Waals surface area contributed by atoms with E-state index in [9.17, 15) is 0 Å². The van der Waals surface area contributed by atoms with Crippen LogP contribution in [0, 0.1) is 0 Å². The molecule has 0 atom stereocenters. The van der Waals surface area contributed by atoms with Crippen molar-refractivity contribution in [3.63, 3.8) is 0 Å². The molecule has 1 aromatic heterocycles. The Balaban J connectivity index is 1.64. The average molecular weight is 488 g/mol. The highest BCUT2D eigenvalue weighted by molar-refractivity contribution is 9.10. The highest BCUT2D eigenvalue weighted by Gasteiger charge is 2.15. The van der Waals surface area contributed by atoms with Crippen molar-refractivity contribution in [1.82, 2.24) is 15.0 Å². The minimum absolute atomic E-state index is 0.656. The third-order valence-corrected chi connectivity index (χ3v) is 6.33. The van der Waals surface area contributed by atoms with Crippen LogP contribution >= 0.6 is 15.9 Å². The lowest BCUT2D eigenvalue weighted by molar-refractivity contribution is 1.08. The molecule has 5 aromatic carbocycles. The van der Waals surface area contributed by atoms with Crippen molar-refractivity contribution in [2.45, 2.75) is 0 Å². The summed E-state index contributed by atoms with van der Waals surface area (Å²) < 4.78 is 1.02. The van der Waals surface area contributed by atoms with E-state index < -0.39 is 0 Å². The van der Waals surface area contributed by atoms with Gasteiger partial charge in [-0.2, -0.15) is 0 Å². The molecule has 0 spiro atoms. The van der Waals surface area contributed by atoms with Crippen LogP contribution in [0.25, 0.3) is 55.7 Å². The van der Waals surface area contributed by atoms with Crippen molar-refractivity contribution < 1.29 is 0 Å². The van der Waals surface area contributed by atoms with Crippen molar-refractivity contribution in [3.8, 4) is 34.2 Å². The molecule has 0 unspecified atom stereocenters. The van der Waals surface area contributed by atoms with E-state index >= 15 is 0 Å². The third-order valence-electron chi connectivity index (χ3n) is 5.80. The average Bonchev–Trinajstić information content (AvgIpc) is 2.88. The Bertz CT molecular complexity index is 1520. The Hall–Kier alpha value is -3.89. The Morgan fingerprint density at radius 2 is 0.879 bits per heavy atom. The number of aromatic nitrogens is 3. The van der Waals surface area contributed by atoms with Gasteiger partial charge in [-0.1, -0.05) is 113 Å². The lowest BCUT2D eigenvalue weighted by atomic mass is 10.0. The molecule has 0 radical (unpaired) electrons. The summed E-state index contributed by atoms with van der Waals surface area (Å²) >= 11 is 3.52. The molecule has 6 rings (SSSR count). The van der Waals surface area contributed by atoms with Crippen LogP contribution in [0.4, 0.5) is 0 Å². The lowest BCUT2D eigenvalue weighted by Crippen LogP contribution is -2.01. The van der Waals surface area contributed by atoms with Gasteiger partial charge in [-0.3, -0.25) is 0 Å². The van der Waals surface area contributed by atoms with E-state index in [1.54, 1.807) is 0 Å². The topological polar surface area (TPSA) is 38.7 Å². The van der Waals surface area contributed by atoms with Gasteiger partial charge in [-0.25, -0.2) is 15.0 Å². The normalized spacial score (nSPS) is 11.2. The molecule has 0 saturated heterocycles. The molecule has 0 aliphatic heterocycles. The van der Waals surface area contributed by atoms with Crippen molar-refractivity contribution in [3.05, 3.63) is 114 Å². The fourth-order valence-electron chi connectivity index (χ4n) is 4.19. The Labute approximate surface area is 199 Å². The van der Waals surface area contributed by atoms with Crippen LogP contribution in [0.1, 0.15) is 0 Å². The first-order valence-corrected chi connectivity index (χ1v) is 11.5. The number of halogens is 1. The maximum atomic E-state index is 4.99. The SMILES string of the molecule is Brc1ccc(-c2nc(-c3cccc4ccccc34)nc(-c3cccc4ccccc34)n2)cc1. The zero-order valence-corrected chi connectivity index (χ0v) is 19.2. The lowest BCUT2D eigenvalue weighted by Gasteiger charge is -2.11. The molecule has 3 nitrogen and oxygen atoms in total. The van der Waals surface area contributed by atoms with Gasteiger partial charge >= 0.3 is 0 Å². The predicted octanol–water partition coefficient (Wildman–Crippen LogP) is 7.94. The first-order valence-electron chi connectivity index (χ1n) is 10.7. The summed E-state index contributed by atoms with van der Waals surface area (Å²) in [6, 6.07) is 37.2. The first-order chi connectivity index (χ1) is 16.3. The molecule has 0 amide bonds. The van der Waals surface area contributed by atoms with Crippen molar-refractivity contribution in [2.75, 3.05) is 0 Å². The van der Waals surface area contributed by atoms with Crippen LogP contribution in [-0.2, 0) is 0 Å². The summed E-state index contributed by atoms with van der Waals surface area (Å²) in [6.07, 6.45) is 0. The predicted molar refractivity (Wildman–Crippen MR) is 139 cm³/mol. The van der Waals surface area contributed by atoms with Gasteiger partial charge in [0.25, 0.3) is 0 Å². The highest BCUT2D eigenvalue weighted by Crippen LogP contribution is 2.32. The molecule has 1 heterocycles. The van der Waals surface area contributed by atoms with E-state index in [2.05, 4.69) is 76.6 Å². The van der Waals surface area contributed by atoms with Crippen LogP contribution in [0.5, 0.6) is 0 Å². The first kappa shape index (κ1) is 19.8. The number of nitrogens with zero attached hydrogens (tertiary/aromatic N) is 3. The van der Waals surface area contributed by atoms with Gasteiger partial charge in [0, 0.05) is 21.2 Å². The summed E-state index contributed by atoms with van der Waals surface area (Å²) in [4.78, 5) is 14.8. The summed E-state index contributed by atoms with van der Waals surface area (Å²) in [5.41, 5.74) is 2.94. The van der Waals surface area contributed by atoms with Crippen molar-refractivity contribution in [1.29, 1.82) is 0 Å². The zero-order chi connectivity index (χ0) is 22.2. The van der Waals surface area contributed by atoms with Gasteiger partial charge < -0.3 is 0 Å². The summed E-state index contributed by atoms with van der Waals surface area (Å²) in [6.45, 7) is 0. The molecule has 0 fully saturated rings. The molecule has 0 aliphatic carbocycles. The van der Waals surface area contributed by atoms with Crippen molar-refractivity contribution >= 4 is 37.5 Å². The van der Waals surface area contributed by atoms with E-state index in [1.807, 2.05) is 48.5 Å². The standard InChI is InChI=1S/C29H18BrN3/c30-22-17-15-21(16-18-22)27-31-28(25-13-5-9-19-7-1-3-11-23(19)25)33-29(32-27)26-14-6-10-20-8-2-4-12-24(20)26/h1-18H. The fraction of sp³-hybridized carbons (Fsp3) is 0. The molecule has 0 saturated carbocycles. The largest absolute Gasteiger partial charge is 0.208 e. The quantitative estimate of drug-likeness (QED) is 0.254. The van der Waals surface area contributed by atoms with Gasteiger partial charge in [0.05, 0.1) is 0 Å². The maximum Gasteiger partial charge on any atom is 0.164 e. The Morgan fingerprint density at radius 1 is 0.424 bits per heavy atom. The smallest absolute Gasteiger partial charge is 0.164 e. The number of rotatable bonds is 3. The molecular weight excluding hydrogens is 470 g/mol. The molecule has 156 valence electrons. The molecule has 0 aliphatic rings. The number of fused-ring (bicyclic) bond motifs is 2. The molecule has 4 heteroatoms. The van der Waals surface area contributed by atoms with E-state index in [0.717, 1.165) is 42.7 Å². The van der Waals surface area contributed by atoms with Crippen molar-refractivity contribution in [2.24, 2.45) is 0 Å². The maximum absolute atomic E-state index is 4.99. The Morgan fingerprint density at radius 3 is 1.42 bits per heavy atom. The second kappa shape index (κ2) is 8.23. The molecule has 0 bridgehead atoms. The molecular formula is C29H18BrN3. The van der Waals surface area contributed by atoms with Gasteiger partial charge in [-0.15, -0.1) is 0 Å². The summed E-state index contributed by atoms with van der Waals surface area (Å²) in [5.74, 6) is 1.99. The van der Waals surface area contributed by atoms with Gasteiger partial charge in [0.2, 0.25) is 0 Å². The number of hydrogen-bond donors (Lipinski definition) is 0. The number of hydrogen-bond acceptors (Lipinski definition) is 3. The second-order valence-electron chi connectivity index (χ2n) is 7.87. The Kier molecular flexibility index (Phi) is 4.93. The fourth-order valence-corrected chi connectivity index (χ4v) is 4.45. The minimum atomic E-state index is 0.656. The van der Waals surface area contributed by atoms with E-state index in [1.165, 1.54) is 0 Å². The van der Waals surface area contributed by atoms with Crippen LogP contribution in [0.3, 0.4) is 0 Å². The minimum Gasteiger partial charge on any atom is -0.208 e. The summed E-state index contributed by atoms with van der Waals surface area (Å²) in [5, 5.41) is 4.56. The third kappa shape index (κ3) is 3.69. The molecule has 33 heavy (non-hydrogen) atoms. The van der Waals surface area contributed by atoms with Gasteiger partial charge in [0.15, 0.2) is 17.5 Å². The van der Waals surface area contributed by atoms with E-state index in [-0.39, 0.29) is 0 Å². The molecule has 6 aromatic rings. The molecule has 0 N–H and O–H groups in total. The van der Waals surface area contributed by atoms with E-state index in [4.69, 9.17) is 15.0 Å². The van der Waals surface area contributed by atoms with Crippen LogP contribution in [0.15, 0.2) is 114 Å². The van der Waals surface area contributed by atoms with Crippen LogP contribution < -0.4 is 0 Å². The summed E-state index contributed by atoms with van der Waals surface area (Å²) in [7, 11) is 0. The second-order valence-corrected chi connectivity index (χ2v) is 8.78. The van der Waals surface area contributed by atoms with Gasteiger partial charge in [-0.05, 0) is 33.7 Å². The highest BCUT2D eigenvalue weighted by atomic mass is 79.9. The van der Waals surface area contributed by atoms with E-state index in [0.29, 0.717) is 17.5 Å². The monoisotopic (exact) mass is 487 g/mol. The van der Waals surface area contributed by atoms with Gasteiger partial charge in [0.1, 0.15) is 0 Å². The van der Waals surface area contributed by atoms with Crippen LogP contribution in [-0.4, -0.2) is 15.0 Å². The zero-order valence-electron chi connectivity index (χ0n) is 17.6.